The summed E-state index contributed by atoms with van der Waals surface area (Å²) in [5.41, 5.74) is 3.82. The number of carbonyl (C=O) groups excluding carboxylic acids is 1. The first kappa shape index (κ1) is 14.9. The van der Waals surface area contributed by atoms with Crippen LogP contribution in [-0.2, 0) is 6.54 Å². The van der Waals surface area contributed by atoms with Gasteiger partial charge < -0.3 is 5.32 Å². The van der Waals surface area contributed by atoms with Crippen LogP contribution in [0.1, 0.15) is 21.5 Å². The fourth-order valence-electron chi connectivity index (χ4n) is 2.25. The van der Waals surface area contributed by atoms with Crippen LogP contribution in [0.3, 0.4) is 0 Å². The molecule has 3 aromatic rings. The van der Waals surface area contributed by atoms with Gasteiger partial charge in [0, 0.05) is 29.2 Å². The molecular weight excluding hydrogens is 306 g/mol. The SMILES string of the molecule is N#Cc1cccc(C(=O)NCc2cccnc2-c2ccsc2)c1. The molecule has 23 heavy (non-hydrogen) atoms. The van der Waals surface area contributed by atoms with Gasteiger partial charge in [-0.1, -0.05) is 12.1 Å². The van der Waals surface area contributed by atoms with Crippen molar-refractivity contribution in [1.29, 1.82) is 5.26 Å². The van der Waals surface area contributed by atoms with E-state index in [1.54, 1.807) is 41.8 Å². The van der Waals surface area contributed by atoms with Gasteiger partial charge in [-0.2, -0.15) is 16.6 Å². The second-order valence-electron chi connectivity index (χ2n) is 4.90. The van der Waals surface area contributed by atoms with E-state index in [2.05, 4.69) is 10.3 Å². The zero-order chi connectivity index (χ0) is 16.1. The van der Waals surface area contributed by atoms with Gasteiger partial charge in [0.1, 0.15) is 0 Å². The third-order valence-electron chi connectivity index (χ3n) is 3.38. The number of nitriles is 1. The maximum Gasteiger partial charge on any atom is 0.251 e. The normalized spacial score (nSPS) is 10.0. The average molecular weight is 319 g/mol. The maximum absolute atomic E-state index is 12.2. The summed E-state index contributed by atoms with van der Waals surface area (Å²) < 4.78 is 0. The molecule has 0 radical (unpaired) electrons. The van der Waals surface area contributed by atoms with E-state index in [9.17, 15) is 4.79 Å². The summed E-state index contributed by atoms with van der Waals surface area (Å²) in [4.78, 5) is 16.7. The topological polar surface area (TPSA) is 65.8 Å². The molecular formula is C18H13N3OS. The molecule has 5 heteroatoms. The molecule has 1 aromatic carbocycles. The fraction of sp³-hybridized carbons (Fsp3) is 0.0556. The van der Waals surface area contributed by atoms with Crippen molar-refractivity contribution in [3.8, 4) is 17.3 Å². The predicted molar refractivity (Wildman–Crippen MR) is 89.9 cm³/mol. The average Bonchev–Trinajstić information content (AvgIpc) is 3.14. The summed E-state index contributed by atoms with van der Waals surface area (Å²) in [5.74, 6) is -0.206. The quantitative estimate of drug-likeness (QED) is 0.799. The Balaban J connectivity index is 1.76. The van der Waals surface area contributed by atoms with Crippen LogP contribution in [0.25, 0.3) is 11.3 Å². The van der Waals surface area contributed by atoms with Crippen LogP contribution < -0.4 is 5.32 Å². The lowest BCUT2D eigenvalue weighted by molar-refractivity contribution is 0.0951. The Morgan fingerprint density at radius 3 is 2.96 bits per heavy atom. The molecule has 0 unspecified atom stereocenters. The van der Waals surface area contributed by atoms with Crippen molar-refractivity contribution in [2.45, 2.75) is 6.54 Å². The van der Waals surface area contributed by atoms with Gasteiger partial charge in [0.2, 0.25) is 0 Å². The lowest BCUT2D eigenvalue weighted by Crippen LogP contribution is -2.23. The number of nitrogens with zero attached hydrogens (tertiary/aromatic N) is 2. The Bertz CT molecular complexity index is 866. The first-order valence-electron chi connectivity index (χ1n) is 7.03. The largest absolute Gasteiger partial charge is 0.348 e. The summed E-state index contributed by atoms with van der Waals surface area (Å²) in [5, 5.41) is 15.8. The second-order valence-corrected chi connectivity index (χ2v) is 5.68. The summed E-state index contributed by atoms with van der Waals surface area (Å²) in [6.07, 6.45) is 1.74. The third-order valence-corrected chi connectivity index (χ3v) is 4.06. The molecule has 3 rings (SSSR count). The number of aromatic nitrogens is 1. The molecule has 0 spiro atoms. The highest BCUT2D eigenvalue weighted by Crippen LogP contribution is 2.23. The Kier molecular flexibility index (Phi) is 4.46. The standard InChI is InChI=1S/C18H13N3OS/c19-10-13-3-1-4-14(9-13)18(22)21-11-15-5-2-7-20-17(15)16-6-8-23-12-16/h1-9,12H,11H2,(H,21,22). The van der Waals surface area contributed by atoms with Gasteiger partial charge in [0.25, 0.3) is 5.91 Å². The number of hydrogen-bond acceptors (Lipinski definition) is 4. The number of amides is 1. The summed E-state index contributed by atoms with van der Waals surface area (Å²) in [6, 6.07) is 14.5. The fourth-order valence-corrected chi connectivity index (χ4v) is 2.89. The van der Waals surface area contributed by atoms with Crippen LogP contribution in [0.2, 0.25) is 0 Å². The summed E-state index contributed by atoms with van der Waals surface area (Å²) in [6.45, 7) is 0.384. The van der Waals surface area contributed by atoms with Crippen molar-refractivity contribution < 1.29 is 4.79 Å². The Morgan fingerprint density at radius 2 is 2.17 bits per heavy atom. The molecule has 0 fully saturated rings. The molecule has 1 amide bonds. The maximum atomic E-state index is 12.2. The van der Waals surface area contributed by atoms with Crippen molar-refractivity contribution in [2.75, 3.05) is 0 Å². The molecule has 2 aromatic heterocycles. The predicted octanol–water partition coefficient (Wildman–Crippen LogP) is 3.61. The molecule has 0 atom stereocenters. The molecule has 1 N–H and O–H groups in total. The molecule has 0 bridgehead atoms. The van der Waals surface area contributed by atoms with Gasteiger partial charge >= 0.3 is 0 Å². The minimum absolute atomic E-state index is 0.206. The number of nitrogens with one attached hydrogen (secondary N) is 1. The second kappa shape index (κ2) is 6.86. The zero-order valence-corrected chi connectivity index (χ0v) is 13.0. The first-order valence-corrected chi connectivity index (χ1v) is 7.97. The van der Waals surface area contributed by atoms with Crippen molar-refractivity contribution in [1.82, 2.24) is 10.3 Å². The van der Waals surface area contributed by atoms with Gasteiger partial charge in [-0.3, -0.25) is 9.78 Å². The number of carbonyl (C=O) groups is 1. The Labute approximate surface area is 138 Å². The summed E-state index contributed by atoms with van der Waals surface area (Å²) >= 11 is 1.61. The smallest absolute Gasteiger partial charge is 0.251 e. The monoisotopic (exact) mass is 319 g/mol. The number of thiophene rings is 1. The highest BCUT2D eigenvalue weighted by Gasteiger charge is 2.10. The highest BCUT2D eigenvalue weighted by molar-refractivity contribution is 7.08. The zero-order valence-electron chi connectivity index (χ0n) is 12.2. The molecule has 0 aliphatic carbocycles. The molecule has 0 aliphatic rings. The number of benzene rings is 1. The lowest BCUT2D eigenvalue weighted by Gasteiger charge is -2.09. The van der Waals surface area contributed by atoms with Gasteiger partial charge in [-0.05, 0) is 41.3 Å². The van der Waals surface area contributed by atoms with E-state index in [0.29, 0.717) is 17.7 Å². The lowest BCUT2D eigenvalue weighted by atomic mass is 10.1. The molecule has 112 valence electrons. The van der Waals surface area contributed by atoms with Gasteiger partial charge in [-0.15, -0.1) is 0 Å². The Hall–Kier alpha value is -2.97. The van der Waals surface area contributed by atoms with Crippen LogP contribution in [0.5, 0.6) is 0 Å². The van der Waals surface area contributed by atoms with E-state index >= 15 is 0 Å². The highest BCUT2D eigenvalue weighted by atomic mass is 32.1. The van der Waals surface area contributed by atoms with E-state index in [0.717, 1.165) is 16.8 Å². The van der Waals surface area contributed by atoms with Crippen LogP contribution in [0.15, 0.2) is 59.4 Å². The van der Waals surface area contributed by atoms with Crippen LogP contribution in [0.4, 0.5) is 0 Å². The Morgan fingerprint density at radius 1 is 1.26 bits per heavy atom. The van der Waals surface area contributed by atoms with Crippen LogP contribution >= 0.6 is 11.3 Å². The van der Waals surface area contributed by atoms with E-state index in [1.807, 2.05) is 35.0 Å². The number of pyridine rings is 1. The number of rotatable bonds is 4. The van der Waals surface area contributed by atoms with Crippen LogP contribution in [0, 0.1) is 11.3 Å². The number of hydrogen-bond donors (Lipinski definition) is 1. The minimum atomic E-state index is -0.206. The molecule has 2 heterocycles. The van der Waals surface area contributed by atoms with Crippen molar-refractivity contribution in [3.63, 3.8) is 0 Å². The molecule has 0 saturated carbocycles. The van der Waals surface area contributed by atoms with E-state index < -0.39 is 0 Å². The first-order chi connectivity index (χ1) is 11.3. The minimum Gasteiger partial charge on any atom is -0.348 e. The van der Waals surface area contributed by atoms with Crippen molar-refractivity contribution in [3.05, 3.63) is 76.1 Å². The summed E-state index contributed by atoms with van der Waals surface area (Å²) in [7, 11) is 0. The van der Waals surface area contributed by atoms with Crippen molar-refractivity contribution in [2.24, 2.45) is 0 Å². The van der Waals surface area contributed by atoms with Crippen molar-refractivity contribution >= 4 is 17.2 Å². The van der Waals surface area contributed by atoms with E-state index in [1.165, 1.54) is 0 Å². The van der Waals surface area contributed by atoms with Gasteiger partial charge in [0.05, 0.1) is 17.3 Å². The van der Waals surface area contributed by atoms with Gasteiger partial charge in [0.15, 0.2) is 0 Å². The molecule has 0 aliphatic heterocycles. The van der Waals surface area contributed by atoms with Crippen LogP contribution in [-0.4, -0.2) is 10.9 Å². The van der Waals surface area contributed by atoms with E-state index in [-0.39, 0.29) is 5.91 Å². The third kappa shape index (κ3) is 3.44. The molecule has 0 saturated heterocycles. The molecule has 4 nitrogen and oxygen atoms in total. The van der Waals surface area contributed by atoms with Gasteiger partial charge in [-0.25, -0.2) is 0 Å². The van der Waals surface area contributed by atoms with E-state index in [4.69, 9.17) is 5.26 Å².